The molecule has 1 atom stereocenters. The summed E-state index contributed by atoms with van der Waals surface area (Å²) in [5.41, 5.74) is -0.905. The Balaban J connectivity index is 2.73. The number of rotatable bonds is 4. The van der Waals surface area contributed by atoms with Gasteiger partial charge in [0.25, 0.3) is 0 Å². The Morgan fingerprint density at radius 1 is 1.21 bits per heavy atom. The third-order valence-corrected chi connectivity index (χ3v) is 3.95. The van der Waals surface area contributed by atoms with Crippen molar-refractivity contribution in [3.05, 3.63) is 0 Å². The molecule has 1 saturated carbocycles. The number of hydrogen-bond acceptors (Lipinski definition) is 2. The summed E-state index contributed by atoms with van der Waals surface area (Å²) < 4.78 is 0. The summed E-state index contributed by atoms with van der Waals surface area (Å²) in [5, 5.41) is 20.0. The van der Waals surface area contributed by atoms with Gasteiger partial charge in [0.2, 0.25) is 0 Å². The van der Waals surface area contributed by atoms with Gasteiger partial charge in [-0.1, -0.05) is 39.5 Å². The normalized spacial score (nSPS) is 25.7. The van der Waals surface area contributed by atoms with Crippen LogP contribution in [0.15, 0.2) is 0 Å². The van der Waals surface area contributed by atoms with E-state index in [1.807, 2.05) is 6.92 Å². The second kappa shape index (κ2) is 4.63. The molecule has 2 heteroatoms. The molecule has 0 heterocycles. The molecule has 0 aliphatic heterocycles. The van der Waals surface area contributed by atoms with E-state index in [1.165, 1.54) is 6.42 Å². The maximum absolute atomic E-state index is 10.6. The van der Waals surface area contributed by atoms with Gasteiger partial charge in [-0.15, -0.1) is 0 Å². The van der Waals surface area contributed by atoms with Crippen molar-refractivity contribution in [1.82, 2.24) is 0 Å². The fraction of sp³-hybridized carbons (Fsp3) is 1.00. The summed E-state index contributed by atoms with van der Waals surface area (Å²) in [6.07, 6.45) is 7.12. The van der Waals surface area contributed by atoms with Gasteiger partial charge in [-0.3, -0.25) is 0 Å². The van der Waals surface area contributed by atoms with Gasteiger partial charge in [0.05, 0.1) is 12.2 Å². The number of hydrogen-bond donors (Lipinski definition) is 2. The fourth-order valence-electron chi connectivity index (χ4n) is 2.75. The number of aliphatic hydroxyl groups excluding tert-OH is 1. The van der Waals surface area contributed by atoms with Crippen LogP contribution in [0.5, 0.6) is 0 Å². The zero-order chi connectivity index (χ0) is 10.7. The van der Waals surface area contributed by atoms with E-state index in [4.69, 9.17) is 0 Å². The van der Waals surface area contributed by atoms with Crippen molar-refractivity contribution in [3.8, 4) is 0 Å². The maximum atomic E-state index is 10.6. The Morgan fingerprint density at radius 3 is 2.21 bits per heavy atom. The molecule has 0 aromatic heterocycles. The van der Waals surface area contributed by atoms with E-state index in [2.05, 4.69) is 6.92 Å². The molecule has 0 radical (unpaired) electrons. The van der Waals surface area contributed by atoms with Crippen LogP contribution in [-0.4, -0.2) is 22.4 Å². The largest absolute Gasteiger partial charge is 0.396 e. The van der Waals surface area contributed by atoms with Crippen LogP contribution < -0.4 is 0 Å². The third-order valence-electron chi connectivity index (χ3n) is 3.95. The molecule has 14 heavy (non-hydrogen) atoms. The molecule has 0 aromatic rings. The first kappa shape index (κ1) is 12.0. The molecular formula is C12H24O2. The summed E-state index contributed by atoms with van der Waals surface area (Å²) >= 11 is 0. The van der Waals surface area contributed by atoms with E-state index in [0.29, 0.717) is 0 Å². The van der Waals surface area contributed by atoms with Gasteiger partial charge in [-0.05, 0) is 19.3 Å². The SMILES string of the molecule is CCCC(C)(CO)C1(O)CCCCC1. The lowest BCUT2D eigenvalue weighted by atomic mass is 9.64. The van der Waals surface area contributed by atoms with Crippen LogP contribution in [0.25, 0.3) is 0 Å². The number of aliphatic hydroxyl groups is 2. The van der Waals surface area contributed by atoms with E-state index in [1.54, 1.807) is 0 Å². The Labute approximate surface area is 87.3 Å². The highest BCUT2D eigenvalue weighted by atomic mass is 16.3. The first-order chi connectivity index (χ1) is 6.58. The van der Waals surface area contributed by atoms with Crippen LogP contribution in [-0.2, 0) is 0 Å². The zero-order valence-electron chi connectivity index (χ0n) is 9.55. The smallest absolute Gasteiger partial charge is 0.0723 e. The molecule has 1 aliphatic carbocycles. The van der Waals surface area contributed by atoms with Crippen LogP contribution in [0.4, 0.5) is 0 Å². The minimum Gasteiger partial charge on any atom is -0.396 e. The monoisotopic (exact) mass is 200 g/mol. The standard InChI is InChI=1S/C12H24O2/c1-3-7-11(2,10-13)12(14)8-5-4-6-9-12/h13-14H,3-10H2,1-2H3. The highest BCUT2D eigenvalue weighted by Gasteiger charge is 2.45. The van der Waals surface area contributed by atoms with Crippen LogP contribution in [0, 0.1) is 5.41 Å². The van der Waals surface area contributed by atoms with Crippen molar-refractivity contribution in [2.75, 3.05) is 6.61 Å². The second-order valence-electron chi connectivity index (χ2n) is 5.06. The molecule has 0 amide bonds. The maximum Gasteiger partial charge on any atom is 0.0723 e. The predicted octanol–water partition coefficient (Wildman–Crippen LogP) is 2.48. The Morgan fingerprint density at radius 2 is 1.79 bits per heavy atom. The lowest BCUT2D eigenvalue weighted by Gasteiger charge is -2.46. The van der Waals surface area contributed by atoms with Gasteiger partial charge in [-0.2, -0.15) is 0 Å². The quantitative estimate of drug-likeness (QED) is 0.732. The Hall–Kier alpha value is -0.0800. The van der Waals surface area contributed by atoms with Gasteiger partial charge in [-0.25, -0.2) is 0 Å². The van der Waals surface area contributed by atoms with Crippen LogP contribution >= 0.6 is 0 Å². The summed E-state index contributed by atoms with van der Waals surface area (Å²) in [6, 6.07) is 0. The van der Waals surface area contributed by atoms with E-state index >= 15 is 0 Å². The molecule has 0 aromatic carbocycles. The summed E-state index contributed by atoms with van der Waals surface area (Å²) in [5.74, 6) is 0. The van der Waals surface area contributed by atoms with Crippen molar-refractivity contribution in [2.45, 2.75) is 64.4 Å². The molecule has 2 N–H and O–H groups in total. The molecule has 1 fully saturated rings. The molecular weight excluding hydrogens is 176 g/mol. The first-order valence-corrected chi connectivity index (χ1v) is 5.91. The summed E-state index contributed by atoms with van der Waals surface area (Å²) in [7, 11) is 0. The molecule has 1 aliphatic rings. The van der Waals surface area contributed by atoms with E-state index in [9.17, 15) is 10.2 Å². The molecule has 1 unspecified atom stereocenters. The fourth-order valence-corrected chi connectivity index (χ4v) is 2.75. The van der Waals surface area contributed by atoms with E-state index < -0.39 is 5.60 Å². The van der Waals surface area contributed by atoms with Gasteiger partial charge >= 0.3 is 0 Å². The lowest BCUT2D eigenvalue weighted by molar-refractivity contribution is -0.125. The van der Waals surface area contributed by atoms with E-state index in [-0.39, 0.29) is 12.0 Å². The van der Waals surface area contributed by atoms with Gasteiger partial charge in [0, 0.05) is 5.41 Å². The Bertz CT molecular complexity index is 166. The molecule has 1 rings (SSSR count). The minimum absolute atomic E-state index is 0.108. The van der Waals surface area contributed by atoms with Crippen molar-refractivity contribution in [1.29, 1.82) is 0 Å². The highest BCUT2D eigenvalue weighted by molar-refractivity contribution is 4.97. The topological polar surface area (TPSA) is 40.5 Å². The summed E-state index contributed by atoms with van der Waals surface area (Å²) in [6.45, 7) is 4.25. The molecule has 0 bridgehead atoms. The second-order valence-corrected chi connectivity index (χ2v) is 5.06. The Kier molecular flexibility index (Phi) is 3.96. The minimum atomic E-state index is -0.615. The van der Waals surface area contributed by atoms with Gasteiger partial charge in [0.15, 0.2) is 0 Å². The first-order valence-electron chi connectivity index (χ1n) is 5.91. The zero-order valence-corrected chi connectivity index (χ0v) is 9.55. The molecule has 2 nitrogen and oxygen atoms in total. The van der Waals surface area contributed by atoms with Crippen molar-refractivity contribution in [2.24, 2.45) is 5.41 Å². The third kappa shape index (κ3) is 2.12. The van der Waals surface area contributed by atoms with Crippen molar-refractivity contribution < 1.29 is 10.2 Å². The average Bonchev–Trinajstić information content (AvgIpc) is 2.19. The molecule has 84 valence electrons. The van der Waals surface area contributed by atoms with E-state index in [0.717, 1.165) is 38.5 Å². The van der Waals surface area contributed by atoms with Crippen LogP contribution in [0.2, 0.25) is 0 Å². The molecule has 0 saturated heterocycles. The molecule has 0 spiro atoms. The lowest BCUT2D eigenvalue weighted by Crippen LogP contribution is -2.50. The average molecular weight is 200 g/mol. The van der Waals surface area contributed by atoms with Crippen molar-refractivity contribution in [3.63, 3.8) is 0 Å². The van der Waals surface area contributed by atoms with Gasteiger partial charge < -0.3 is 10.2 Å². The predicted molar refractivity (Wildman–Crippen MR) is 58.1 cm³/mol. The van der Waals surface area contributed by atoms with Gasteiger partial charge in [0.1, 0.15) is 0 Å². The highest BCUT2D eigenvalue weighted by Crippen LogP contribution is 2.44. The summed E-state index contributed by atoms with van der Waals surface area (Å²) in [4.78, 5) is 0. The van der Waals surface area contributed by atoms with Crippen LogP contribution in [0.3, 0.4) is 0 Å². The van der Waals surface area contributed by atoms with Crippen molar-refractivity contribution >= 4 is 0 Å². The van der Waals surface area contributed by atoms with Crippen LogP contribution in [0.1, 0.15) is 58.8 Å².